The van der Waals surface area contributed by atoms with Gasteiger partial charge in [0.15, 0.2) is 0 Å². The third-order valence-electron chi connectivity index (χ3n) is 5.26. The zero-order valence-corrected chi connectivity index (χ0v) is 15.8. The van der Waals surface area contributed by atoms with Crippen molar-refractivity contribution in [3.8, 4) is 0 Å². The fraction of sp³-hybridized carbons (Fsp3) is 0.476. The molecule has 2 heterocycles. The van der Waals surface area contributed by atoms with E-state index in [4.69, 9.17) is 0 Å². The fourth-order valence-electron chi connectivity index (χ4n) is 3.46. The average molecular weight is 339 g/mol. The van der Waals surface area contributed by atoms with Crippen molar-refractivity contribution in [2.75, 3.05) is 6.54 Å². The van der Waals surface area contributed by atoms with Crippen LogP contribution >= 0.6 is 0 Å². The molecular formula is C21H29N3O. The first-order chi connectivity index (χ1) is 12.0. The van der Waals surface area contributed by atoms with Gasteiger partial charge in [-0.15, -0.1) is 0 Å². The Balaban J connectivity index is 1.72. The monoisotopic (exact) mass is 339 g/mol. The van der Waals surface area contributed by atoms with E-state index >= 15 is 0 Å². The zero-order chi connectivity index (χ0) is 18.0. The molecule has 0 saturated carbocycles. The average Bonchev–Trinajstić information content (AvgIpc) is 2.93. The molecular weight excluding hydrogens is 310 g/mol. The molecule has 1 aromatic carbocycles. The maximum absolute atomic E-state index is 12.5. The van der Waals surface area contributed by atoms with Crippen molar-refractivity contribution in [1.82, 2.24) is 14.8 Å². The van der Waals surface area contributed by atoms with Crippen molar-refractivity contribution < 1.29 is 4.79 Å². The molecule has 1 unspecified atom stereocenters. The number of hydrogen-bond donors (Lipinski definition) is 1. The van der Waals surface area contributed by atoms with Crippen molar-refractivity contribution in [2.45, 2.75) is 52.7 Å². The van der Waals surface area contributed by atoms with Gasteiger partial charge in [-0.2, -0.15) is 0 Å². The highest BCUT2D eigenvalue weighted by atomic mass is 16.2. The summed E-state index contributed by atoms with van der Waals surface area (Å²) in [5, 5.41) is 3.08. The van der Waals surface area contributed by atoms with Gasteiger partial charge in [0.1, 0.15) is 5.69 Å². The van der Waals surface area contributed by atoms with Gasteiger partial charge in [0, 0.05) is 44.8 Å². The summed E-state index contributed by atoms with van der Waals surface area (Å²) >= 11 is 0. The summed E-state index contributed by atoms with van der Waals surface area (Å²) in [6.07, 6.45) is 1.94. The Morgan fingerprint density at radius 1 is 1.28 bits per heavy atom. The zero-order valence-electron chi connectivity index (χ0n) is 15.8. The second kappa shape index (κ2) is 7.44. The lowest BCUT2D eigenvalue weighted by Crippen LogP contribution is -2.33. The van der Waals surface area contributed by atoms with E-state index in [1.165, 1.54) is 22.4 Å². The van der Waals surface area contributed by atoms with E-state index in [2.05, 4.69) is 59.0 Å². The smallest absolute Gasteiger partial charge is 0.268 e. The third kappa shape index (κ3) is 3.96. The van der Waals surface area contributed by atoms with Gasteiger partial charge < -0.3 is 9.88 Å². The van der Waals surface area contributed by atoms with E-state index in [1.807, 2.05) is 14.0 Å². The van der Waals surface area contributed by atoms with Gasteiger partial charge in [-0.1, -0.05) is 36.8 Å². The first-order valence-corrected chi connectivity index (χ1v) is 9.24. The number of carbonyl (C=O) groups is 1. The van der Waals surface area contributed by atoms with Gasteiger partial charge in [-0.3, -0.25) is 9.69 Å². The van der Waals surface area contributed by atoms with Gasteiger partial charge >= 0.3 is 0 Å². The number of nitrogens with zero attached hydrogens (tertiary/aromatic N) is 2. The fourth-order valence-corrected chi connectivity index (χ4v) is 3.46. The lowest BCUT2D eigenvalue weighted by Gasteiger charge is -2.27. The second-order valence-electron chi connectivity index (χ2n) is 7.29. The topological polar surface area (TPSA) is 37.3 Å². The Bertz CT molecular complexity index is 745. The number of carbonyl (C=O) groups excluding carboxylic acids is 1. The summed E-state index contributed by atoms with van der Waals surface area (Å²) in [5.41, 5.74) is 6.01. The van der Waals surface area contributed by atoms with E-state index in [1.54, 1.807) is 0 Å². The molecule has 4 nitrogen and oxygen atoms in total. The molecule has 2 aromatic rings. The van der Waals surface area contributed by atoms with E-state index in [9.17, 15) is 4.79 Å². The van der Waals surface area contributed by atoms with Crippen molar-refractivity contribution in [3.05, 3.63) is 58.4 Å². The standard InChI is InChI=1S/C21H29N3O/c1-5-16(3)22-21(25)20-12-18-14-24(11-10-19(18)23(20)4)13-17-8-6-15(2)7-9-17/h6-9,12,16H,5,10-11,13-14H2,1-4H3,(H,22,25). The van der Waals surface area contributed by atoms with Crippen molar-refractivity contribution in [3.63, 3.8) is 0 Å². The van der Waals surface area contributed by atoms with Crippen molar-refractivity contribution in [1.29, 1.82) is 0 Å². The number of rotatable bonds is 5. The molecule has 0 fully saturated rings. The minimum absolute atomic E-state index is 0.0383. The number of hydrogen-bond acceptors (Lipinski definition) is 2. The van der Waals surface area contributed by atoms with Crippen LogP contribution in [0.3, 0.4) is 0 Å². The van der Waals surface area contributed by atoms with Gasteiger partial charge in [0.05, 0.1) is 0 Å². The van der Waals surface area contributed by atoms with Crippen LogP contribution in [0.2, 0.25) is 0 Å². The van der Waals surface area contributed by atoms with Crippen LogP contribution in [-0.4, -0.2) is 28.0 Å². The molecule has 3 rings (SSSR count). The van der Waals surface area contributed by atoms with Gasteiger partial charge in [-0.05, 0) is 37.5 Å². The van der Waals surface area contributed by atoms with E-state index in [0.717, 1.165) is 38.2 Å². The molecule has 1 atom stereocenters. The third-order valence-corrected chi connectivity index (χ3v) is 5.26. The van der Waals surface area contributed by atoms with Gasteiger partial charge in [0.25, 0.3) is 5.91 Å². The second-order valence-corrected chi connectivity index (χ2v) is 7.29. The molecule has 0 bridgehead atoms. The summed E-state index contributed by atoms with van der Waals surface area (Å²) in [6, 6.07) is 11.0. The van der Waals surface area contributed by atoms with Crippen LogP contribution < -0.4 is 5.32 Å². The van der Waals surface area contributed by atoms with Crippen LogP contribution in [0.15, 0.2) is 30.3 Å². The lowest BCUT2D eigenvalue weighted by molar-refractivity contribution is 0.0930. The molecule has 134 valence electrons. The number of benzene rings is 1. The highest BCUT2D eigenvalue weighted by Crippen LogP contribution is 2.24. The Kier molecular flexibility index (Phi) is 5.28. The number of aryl methyl sites for hydroxylation is 1. The molecule has 1 N–H and O–H groups in total. The number of aromatic nitrogens is 1. The predicted octanol–water partition coefficient (Wildman–Crippen LogP) is 3.42. The summed E-state index contributed by atoms with van der Waals surface area (Å²) in [4.78, 5) is 15.0. The number of amides is 1. The number of fused-ring (bicyclic) bond motifs is 1. The molecule has 1 amide bonds. The molecule has 1 aliphatic heterocycles. The largest absolute Gasteiger partial charge is 0.348 e. The van der Waals surface area contributed by atoms with E-state index in [0.29, 0.717) is 0 Å². The molecule has 25 heavy (non-hydrogen) atoms. The van der Waals surface area contributed by atoms with Crippen LogP contribution in [0, 0.1) is 6.92 Å². The minimum atomic E-state index is 0.0383. The van der Waals surface area contributed by atoms with Crippen molar-refractivity contribution in [2.24, 2.45) is 7.05 Å². The first kappa shape index (κ1) is 17.7. The summed E-state index contributed by atoms with van der Waals surface area (Å²) in [6.45, 7) is 9.16. The Morgan fingerprint density at radius 2 is 2.00 bits per heavy atom. The Labute approximate surface area is 150 Å². The van der Waals surface area contributed by atoms with Crippen LogP contribution in [0.1, 0.15) is 53.1 Å². The van der Waals surface area contributed by atoms with Crippen LogP contribution in [0.5, 0.6) is 0 Å². The normalized spacial score (nSPS) is 15.7. The maximum Gasteiger partial charge on any atom is 0.268 e. The summed E-state index contributed by atoms with van der Waals surface area (Å²) in [7, 11) is 2.01. The molecule has 0 aliphatic carbocycles. The van der Waals surface area contributed by atoms with E-state index in [-0.39, 0.29) is 11.9 Å². The quantitative estimate of drug-likeness (QED) is 0.906. The highest BCUT2D eigenvalue weighted by Gasteiger charge is 2.24. The lowest BCUT2D eigenvalue weighted by atomic mass is 10.1. The minimum Gasteiger partial charge on any atom is -0.348 e. The molecule has 0 spiro atoms. The highest BCUT2D eigenvalue weighted by molar-refractivity contribution is 5.93. The molecule has 1 aromatic heterocycles. The van der Waals surface area contributed by atoms with Crippen LogP contribution in [0.4, 0.5) is 0 Å². The SMILES string of the molecule is CCC(C)NC(=O)c1cc2c(n1C)CCN(Cc1ccc(C)cc1)C2. The Morgan fingerprint density at radius 3 is 2.68 bits per heavy atom. The van der Waals surface area contributed by atoms with Crippen LogP contribution in [0.25, 0.3) is 0 Å². The first-order valence-electron chi connectivity index (χ1n) is 9.24. The predicted molar refractivity (Wildman–Crippen MR) is 102 cm³/mol. The van der Waals surface area contributed by atoms with Gasteiger partial charge in [-0.25, -0.2) is 0 Å². The van der Waals surface area contributed by atoms with Gasteiger partial charge in [0.2, 0.25) is 0 Å². The molecule has 4 heteroatoms. The summed E-state index contributed by atoms with van der Waals surface area (Å²) in [5.74, 6) is 0.0383. The molecule has 0 radical (unpaired) electrons. The maximum atomic E-state index is 12.5. The number of nitrogens with one attached hydrogen (secondary N) is 1. The van der Waals surface area contributed by atoms with Crippen molar-refractivity contribution >= 4 is 5.91 Å². The summed E-state index contributed by atoms with van der Waals surface area (Å²) < 4.78 is 2.08. The molecule has 0 saturated heterocycles. The molecule has 1 aliphatic rings. The van der Waals surface area contributed by atoms with Crippen LogP contribution in [-0.2, 0) is 26.6 Å². The van der Waals surface area contributed by atoms with E-state index < -0.39 is 0 Å². The Hall–Kier alpha value is -2.07.